The lowest BCUT2D eigenvalue weighted by Crippen LogP contribution is -1.90. The van der Waals surface area contributed by atoms with Gasteiger partial charge in [0.25, 0.3) is 5.69 Å². The summed E-state index contributed by atoms with van der Waals surface area (Å²) in [4.78, 5) is 10.1. The largest absolute Gasteiger partial charge is 0.274 e. The zero-order valence-corrected chi connectivity index (χ0v) is 7.39. The number of hydrogen-bond donors (Lipinski definition) is 0. The van der Waals surface area contributed by atoms with Crippen LogP contribution in [-0.2, 0) is 0 Å². The first-order chi connectivity index (χ1) is 6.16. The van der Waals surface area contributed by atoms with E-state index in [1.165, 1.54) is 13.1 Å². The number of azo groups is 1. The van der Waals surface area contributed by atoms with Gasteiger partial charge in [-0.05, 0) is 13.0 Å². The van der Waals surface area contributed by atoms with E-state index in [-0.39, 0.29) is 5.69 Å². The number of hydrogen-bond acceptors (Lipinski definition) is 4. The van der Waals surface area contributed by atoms with Gasteiger partial charge in [0.05, 0.1) is 16.2 Å². The van der Waals surface area contributed by atoms with Crippen LogP contribution in [0.15, 0.2) is 28.4 Å². The highest BCUT2D eigenvalue weighted by Gasteiger charge is 2.12. The molecule has 0 aliphatic carbocycles. The molecule has 1 rings (SSSR count). The maximum atomic E-state index is 10.5. The maximum absolute atomic E-state index is 10.5. The van der Waals surface area contributed by atoms with Crippen molar-refractivity contribution in [3.63, 3.8) is 0 Å². The van der Waals surface area contributed by atoms with E-state index in [4.69, 9.17) is 0 Å². The van der Waals surface area contributed by atoms with Gasteiger partial charge in [0.2, 0.25) is 0 Å². The minimum absolute atomic E-state index is 0.0740. The van der Waals surface area contributed by atoms with Crippen LogP contribution in [0.3, 0.4) is 0 Å². The monoisotopic (exact) mass is 179 g/mol. The molecule has 0 radical (unpaired) electrons. The fourth-order valence-electron chi connectivity index (χ4n) is 1.03. The van der Waals surface area contributed by atoms with Crippen molar-refractivity contribution in [2.45, 2.75) is 6.92 Å². The molecule has 0 saturated heterocycles. The molecule has 13 heavy (non-hydrogen) atoms. The van der Waals surface area contributed by atoms with E-state index in [2.05, 4.69) is 10.2 Å². The number of rotatable bonds is 2. The second kappa shape index (κ2) is 3.75. The van der Waals surface area contributed by atoms with Gasteiger partial charge >= 0.3 is 0 Å². The molecule has 0 spiro atoms. The lowest BCUT2D eigenvalue weighted by molar-refractivity contribution is -0.385. The van der Waals surface area contributed by atoms with Crippen LogP contribution in [0.1, 0.15) is 5.56 Å². The number of benzene rings is 1. The average molecular weight is 179 g/mol. The van der Waals surface area contributed by atoms with E-state index >= 15 is 0 Å². The zero-order valence-electron chi connectivity index (χ0n) is 7.39. The Bertz CT molecular complexity index is 360. The molecule has 1 aromatic rings. The van der Waals surface area contributed by atoms with Crippen LogP contribution < -0.4 is 0 Å². The van der Waals surface area contributed by atoms with Crippen molar-refractivity contribution < 1.29 is 4.92 Å². The molecule has 0 amide bonds. The quantitative estimate of drug-likeness (QED) is 0.397. The first kappa shape index (κ1) is 9.31. The first-order valence-electron chi connectivity index (χ1n) is 3.70. The van der Waals surface area contributed by atoms with Crippen LogP contribution in [0.5, 0.6) is 0 Å². The van der Waals surface area contributed by atoms with Gasteiger partial charge in [-0.25, -0.2) is 0 Å². The van der Waals surface area contributed by atoms with Gasteiger partial charge in [-0.1, -0.05) is 6.07 Å². The lowest BCUT2D eigenvalue weighted by Gasteiger charge is -1.98. The van der Waals surface area contributed by atoms with Gasteiger partial charge in [0.15, 0.2) is 0 Å². The summed E-state index contributed by atoms with van der Waals surface area (Å²) in [5.74, 6) is 0. The van der Waals surface area contributed by atoms with Crippen molar-refractivity contribution in [3.8, 4) is 0 Å². The number of nitro groups is 1. The van der Waals surface area contributed by atoms with Crippen molar-refractivity contribution in [3.05, 3.63) is 33.9 Å². The van der Waals surface area contributed by atoms with Crippen molar-refractivity contribution in [2.24, 2.45) is 10.2 Å². The van der Waals surface area contributed by atoms with Crippen molar-refractivity contribution in [1.29, 1.82) is 0 Å². The molecule has 0 saturated carbocycles. The normalized spacial score (nSPS) is 10.6. The van der Waals surface area contributed by atoms with Gasteiger partial charge in [0, 0.05) is 13.1 Å². The molecule has 5 nitrogen and oxygen atoms in total. The van der Waals surface area contributed by atoms with E-state index in [0.29, 0.717) is 11.3 Å². The van der Waals surface area contributed by atoms with Crippen molar-refractivity contribution in [2.75, 3.05) is 7.05 Å². The van der Waals surface area contributed by atoms with Gasteiger partial charge in [-0.3, -0.25) is 10.1 Å². The molecule has 0 heterocycles. The molecule has 0 atom stereocenters. The number of nitro benzene ring substituents is 1. The molecular weight excluding hydrogens is 170 g/mol. The maximum Gasteiger partial charge on any atom is 0.274 e. The van der Waals surface area contributed by atoms with Crippen LogP contribution in [0.2, 0.25) is 0 Å². The first-order valence-corrected chi connectivity index (χ1v) is 3.70. The molecule has 0 aliphatic heterocycles. The van der Waals surface area contributed by atoms with Gasteiger partial charge in [-0.15, -0.1) is 0 Å². The Balaban J connectivity index is 3.26. The summed E-state index contributed by atoms with van der Waals surface area (Å²) in [6.07, 6.45) is 0. The van der Waals surface area contributed by atoms with E-state index in [9.17, 15) is 10.1 Å². The summed E-state index contributed by atoms with van der Waals surface area (Å²) in [7, 11) is 1.53. The molecule has 0 aliphatic rings. The highest BCUT2D eigenvalue weighted by atomic mass is 16.6. The minimum atomic E-state index is -0.427. The standard InChI is InChI=1S/C8H9N3O2/c1-6-7(10-9-2)4-3-5-8(6)11(12)13/h3-5H,1-2H3/b10-9+. The fourth-order valence-corrected chi connectivity index (χ4v) is 1.03. The Morgan fingerprint density at radius 1 is 1.46 bits per heavy atom. The molecule has 0 bridgehead atoms. The SMILES string of the molecule is C/N=N/c1cccc([N+](=O)[O-])c1C. The summed E-state index contributed by atoms with van der Waals surface area (Å²) in [5.41, 5.74) is 1.15. The highest BCUT2D eigenvalue weighted by molar-refractivity contribution is 5.55. The molecular formula is C8H9N3O2. The molecule has 68 valence electrons. The van der Waals surface area contributed by atoms with Crippen molar-refractivity contribution >= 4 is 11.4 Å². The molecule has 5 heteroatoms. The van der Waals surface area contributed by atoms with E-state index in [0.717, 1.165) is 0 Å². The average Bonchev–Trinajstić information content (AvgIpc) is 2.08. The zero-order chi connectivity index (χ0) is 9.84. The van der Waals surface area contributed by atoms with Crippen LogP contribution in [-0.4, -0.2) is 12.0 Å². The van der Waals surface area contributed by atoms with Gasteiger partial charge in [0.1, 0.15) is 0 Å². The predicted octanol–water partition coefficient (Wildman–Crippen LogP) is 2.62. The Labute approximate surface area is 75.3 Å². The summed E-state index contributed by atoms with van der Waals surface area (Å²) < 4.78 is 0. The second-order valence-corrected chi connectivity index (χ2v) is 2.48. The molecule has 1 aromatic carbocycles. The third-order valence-electron chi connectivity index (χ3n) is 1.68. The smallest absolute Gasteiger partial charge is 0.258 e. The van der Waals surface area contributed by atoms with Crippen molar-refractivity contribution in [1.82, 2.24) is 0 Å². The fraction of sp³-hybridized carbons (Fsp3) is 0.250. The van der Waals surface area contributed by atoms with E-state index in [1.54, 1.807) is 19.1 Å². The molecule has 0 aromatic heterocycles. The Hall–Kier alpha value is -1.78. The topological polar surface area (TPSA) is 67.9 Å². The molecule has 0 fully saturated rings. The Morgan fingerprint density at radius 3 is 2.69 bits per heavy atom. The van der Waals surface area contributed by atoms with Gasteiger partial charge in [-0.2, -0.15) is 10.2 Å². The summed E-state index contributed by atoms with van der Waals surface area (Å²) in [6.45, 7) is 1.65. The lowest BCUT2D eigenvalue weighted by atomic mass is 10.2. The molecule has 0 N–H and O–H groups in total. The summed E-state index contributed by atoms with van der Waals surface area (Å²) >= 11 is 0. The van der Waals surface area contributed by atoms with Crippen LogP contribution in [0, 0.1) is 17.0 Å². The van der Waals surface area contributed by atoms with Crippen LogP contribution >= 0.6 is 0 Å². The third kappa shape index (κ3) is 1.87. The van der Waals surface area contributed by atoms with E-state index in [1.807, 2.05) is 0 Å². The van der Waals surface area contributed by atoms with Crippen LogP contribution in [0.4, 0.5) is 11.4 Å². The summed E-state index contributed by atoms with van der Waals surface area (Å²) in [5, 5.41) is 17.9. The van der Waals surface area contributed by atoms with E-state index < -0.39 is 4.92 Å². The third-order valence-corrected chi connectivity index (χ3v) is 1.68. The second-order valence-electron chi connectivity index (χ2n) is 2.48. The van der Waals surface area contributed by atoms with Crippen LogP contribution in [0.25, 0.3) is 0 Å². The molecule has 0 unspecified atom stereocenters. The Kier molecular flexibility index (Phi) is 2.69. The number of nitrogens with zero attached hydrogens (tertiary/aromatic N) is 3. The Morgan fingerprint density at radius 2 is 2.15 bits per heavy atom. The predicted molar refractivity (Wildman–Crippen MR) is 48.3 cm³/mol. The highest BCUT2D eigenvalue weighted by Crippen LogP contribution is 2.27. The minimum Gasteiger partial charge on any atom is -0.258 e. The summed E-state index contributed by atoms with van der Waals surface area (Å²) in [6, 6.07) is 4.73. The van der Waals surface area contributed by atoms with Gasteiger partial charge < -0.3 is 0 Å².